The lowest BCUT2D eigenvalue weighted by Crippen LogP contribution is -2.32. The summed E-state index contributed by atoms with van der Waals surface area (Å²) in [5.74, 6) is 0.490. The molecule has 132 valence electrons. The van der Waals surface area contributed by atoms with Crippen LogP contribution in [0.4, 0.5) is 16.2 Å². The van der Waals surface area contributed by atoms with Gasteiger partial charge < -0.3 is 20.7 Å². The molecule has 0 saturated carbocycles. The molecular weight excluding hydrogens is 318 g/mol. The molecule has 0 saturated heterocycles. The summed E-state index contributed by atoms with van der Waals surface area (Å²) in [4.78, 5) is 23.0. The first-order valence-corrected chi connectivity index (χ1v) is 8.06. The maximum Gasteiger partial charge on any atom is 0.319 e. The van der Waals surface area contributed by atoms with E-state index in [0.717, 1.165) is 16.8 Å². The number of rotatable bonds is 6. The van der Waals surface area contributed by atoms with E-state index >= 15 is 0 Å². The van der Waals surface area contributed by atoms with Gasteiger partial charge in [-0.1, -0.05) is 23.8 Å². The molecule has 0 bridgehead atoms. The van der Waals surface area contributed by atoms with Crippen molar-refractivity contribution in [3.05, 3.63) is 53.6 Å². The SMILES string of the molecule is CC(=O)Nc1cccc(OCCNC(=O)Nc2ccc(C)cc2C)c1. The number of hydrogen-bond donors (Lipinski definition) is 3. The third-order valence-electron chi connectivity index (χ3n) is 3.44. The lowest BCUT2D eigenvalue weighted by Gasteiger charge is -2.11. The molecule has 0 aromatic heterocycles. The van der Waals surface area contributed by atoms with E-state index in [1.807, 2.05) is 32.0 Å². The molecule has 3 N–H and O–H groups in total. The van der Waals surface area contributed by atoms with Crippen molar-refractivity contribution in [3.8, 4) is 5.75 Å². The summed E-state index contributed by atoms with van der Waals surface area (Å²) in [5, 5.41) is 8.25. The van der Waals surface area contributed by atoms with Gasteiger partial charge in [0.05, 0.1) is 6.54 Å². The van der Waals surface area contributed by atoms with Gasteiger partial charge in [-0.25, -0.2) is 4.79 Å². The molecule has 2 aromatic carbocycles. The maximum absolute atomic E-state index is 11.9. The van der Waals surface area contributed by atoms with Crippen LogP contribution >= 0.6 is 0 Å². The topological polar surface area (TPSA) is 79.5 Å². The Balaban J connectivity index is 1.75. The number of aryl methyl sites for hydroxylation is 2. The Morgan fingerprint density at radius 1 is 1.04 bits per heavy atom. The molecule has 0 fully saturated rings. The van der Waals surface area contributed by atoms with Crippen LogP contribution in [0.1, 0.15) is 18.1 Å². The Morgan fingerprint density at radius 3 is 2.56 bits per heavy atom. The van der Waals surface area contributed by atoms with Gasteiger partial charge in [0.2, 0.25) is 5.91 Å². The highest BCUT2D eigenvalue weighted by atomic mass is 16.5. The lowest BCUT2D eigenvalue weighted by atomic mass is 10.1. The van der Waals surface area contributed by atoms with Crippen LogP contribution in [-0.2, 0) is 4.79 Å². The Kier molecular flexibility index (Phi) is 6.39. The van der Waals surface area contributed by atoms with Gasteiger partial charge >= 0.3 is 6.03 Å². The van der Waals surface area contributed by atoms with Crippen LogP contribution in [0.15, 0.2) is 42.5 Å². The number of carbonyl (C=O) groups excluding carboxylic acids is 2. The Bertz CT molecular complexity index is 759. The van der Waals surface area contributed by atoms with Crippen molar-refractivity contribution in [2.24, 2.45) is 0 Å². The van der Waals surface area contributed by atoms with Gasteiger partial charge in [-0.2, -0.15) is 0 Å². The predicted octanol–water partition coefficient (Wildman–Crippen LogP) is 3.46. The van der Waals surface area contributed by atoms with Crippen molar-refractivity contribution in [2.75, 3.05) is 23.8 Å². The molecule has 0 aliphatic rings. The van der Waals surface area contributed by atoms with Crippen molar-refractivity contribution in [2.45, 2.75) is 20.8 Å². The molecule has 25 heavy (non-hydrogen) atoms. The number of carbonyl (C=O) groups is 2. The molecule has 0 aliphatic carbocycles. The molecule has 0 atom stereocenters. The number of ether oxygens (including phenoxy) is 1. The minimum absolute atomic E-state index is 0.137. The number of anilines is 2. The van der Waals surface area contributed by atoms with Crippen LogP contribution < -0.4 is 20.7 Å². The number of benzene rings is 2. The number of hydrogen-bond acceptors (Lipinski definition) is 3. The first-order chi connectivity index (χ1) is 11.9. The first kappa shape index (κ1) is 18.3. The zero-order valence-electron chi connectivity index (χ0n) is 14.7. The molecule has 0 aliphatic heterocycles. The van der Waals surface area contributed by atoms with E-state index in [2.05, 4.69) is 16.0 Å². The lowest BCUT2D eigenvalue weighted by molar-refractivity contribution is -0.114. The molecular formula is C19H23N3O3. The highest BCUT2D eigenvalue weighted by Crippen LogP contribution is 2.17. The molecule has 2 aromatic rings. The second kappa shape index (κ2) is 8.73. The highest BCUT2D eigenvalue weighted by molar-refractivity contribution is 5.90. The number of amides is 3. The number of nitrogens with one attached hydrogen (secondary N) is 3. The summed E-state index contributed by atoms with van der Waals surface area (Å²) in [6, 6.07) is 12.7. The standard InChI is InChI=1S/C19H23N3O3/c1-13-7-8-18(14(2)11-13)22-19(24)20-9-10-25-17-6-4-5-16(12-17)21-15(3)23/h4-8,11-12H,9-10H2,1-3H3,(H,21,23)(H2,20,22,24). The van der Waals surface area contributed by atoms with Crippen LogP contribution in [0.5, 0.6) is 5.75 Å². The average Bonchev–Trinajstić information content (AvgIpc) is 2.54. The van der Waals surface area contributed by atoms with Crippen molar-refractivity contribution in [3.63, 3.8) is 0 Å². The van der Waals surface area contributed by atoms with E-state index in [1.54, 1.807) is 24.3 Å². The average molecular weight is 341 g/mol. The van der Waals surface area contributed by atoms with Crippen LogP contribution in [0.2, 0.25) is 0 Å². The van der Waals surface area contributed by atoms with Gasteiger partial charge in [-0.05, 0) is 37.6 Å². The molecule has 0 unspecified atom stereocenters. The Hall–Kier alpha value is -3.02. The molecule has 3 amide bonds. The van der Waals surface area contributed by atoms with Gasteiger partial charge in [-0.15, -0.1) is 0 Å². The second-order valence-corrected chi connectivity index (χ2v) is 5.76. The highest BCUT2D eigenvalue weighted by Gasteiger charge is 2.04. The summed E-state index contributed by atoms with van der Waals surface area (Å²) in [6.07, 6.45) is 0. The van der Waals surface area contributed by atoms with Crippen molar-refractivity contribution in [1.82, 2.24) is 5.32 Å². The summed E-state index contributed by atoms with van der Waals surface area (Å²) < 4.78 is 5.57. The van der Waals surface area contributed by atoms with E-state index in [4.69, 9.17) is 4.74 Å². The van der Waals surface area contributed by atoms with Gasteiger partial charge in [0.15, 0.2) is 0 Å². The van der Waals surface area contributed by atoms with Gasteiger partial charge in [-0.3, -0.25) is 4.79 Å². The third kappa shape index (κ3) is 6.18. The summed E-state index contributed by atoms with van der Waals surface area (Å²) in [5.41, 5.74) is 3.62. The largest absolute Gasteiger partial charge is 0.492 e. The zero-order chi connectivity index (χ0) is 18.2. The fourth-order valence-corrected chi connectivity index (χ4v) is 2.32. The van der Waals surface area contributed by atoms with Crippen molar-refractivity contribution < 1.29 is 14.3 Å². The van der Waals surface area contributed by atoms with Crippen LogP contribution in [0.25, 0.3) is 0 Å². The quantitative estimate of drug-likeness (QED) is 0.704. The summed E-state index contributed by atoms with van der Waals surface area (Å²) >= 11 is 0. The van der Waals surface area contributed by atoms with E-state index < -0.39 is 0 Å². The monoisotopic (exact) mass is 341 g/mol. The van der Waals surface area contributed by atoms with E-state index in [9.17, 15) is 9.59 Å². The molecule has 2 rings (SSSR count). The molecule has 0 radical (unpaired) electrons. The van der Waals surface area contributed by atoms with Crippen LogP contribution in [0, 0.1) is 13.8 Å². The maximum atomic E-state index is 11.9. The first-order valence-electron chi connectivity index (χ1n) is 8.06. The van der Waals surface area contributed by atoms with E-state index in [-0.39, 0.29) is 11.9 Å². The minimum Gasteiger partial charge on any atom is -0.492 e. The van der Waals surface area contributed by atoms with Crippen molar-refractivity contribution in [1.29, 1.82) is 0 Å². The predicted molar refractivity (Wildman–Crippen MR) is 99.2 cm³/mol. The van der Waals surface area contributed by atoms with Crippen LogP contribution in [-0.4, -0.2) is 25.1 Å². The molecule has 6 heteroatoms. The van der Waals surface area contributed by atoms with E-state index in [0.29, 0.717) is 24.6 Å². The Morgan fingerprint density at radius 2 is 1.84 bits per heavy atom. The fourth-order valence-electron chi connectivity index (χ4n) is 2.32. The zero-order valence-corrected chi connectivity index (χ0v) is 14.7. The molecule has 6 nitrogen and oxygen atoms in total. The van der Waals surface area contributed by atoms with E-state index in [1.165, 1.54) is 6.92 Å². The summed E-state index contributed by atoms with van der Waals surface area (Å²) in [6.45, 7) is 6.10. The van der Waals surface area contributed by atoms with Gasteiger partial charge in [0.1, 0.15) is 12.4 Å². The normalized spacial score (nSPS) is 10.0. The minimum atomic E-state index is -0.275. The van der Waals surface area contributed by atoms with Crippen LogP contribution in [0.3, 0.4) is 0 Å². The number of urea groups is 1. The second-order valence-electron chi connectivity index (χ2n) is 5.76. The third-order valence-corrected chi connectivity index (χ3v) is 3.44. The smallest absolute Gasteiger partial charge is 0.319 e. The Labute approximate surface area is 147 Å². The van der Waals surface area contributed by atoms with Crippen molar-refractivity contribution >= 4 is 23.3 Å². The van der Waals surface area contributed by atoms with Gasteiger partial charge in [0, 0.05) is 24.4 Å². The van der Waals surface area contributed by atoms with Gasteiger partial charge in [0.25, 0.3) is 0 Å². The molecule has 0 spiro atoms. The fraction of sp³-hybridized carbons (Fsp3) is 0.263. The molecule has 0 heterocycles. The summed E-state index contributed by atoms with van der Waals surface area (Å²) in [7, 11) is 0.